The van der Waals surface area contributed by atoms with Crippen molar-refractivity contribution in [3.05, 3.63) is 53.0 Å². The van der Waals surface area contributed by atoms with Gasteiger partial charge in [-0.25, -0.2) is 14.2 Å². The molecule has 1 aliphatic heterocycles. The first kappa shape index (κ1) is 16.7. The lowest BCUT2D eigenvalue weighted by molar-refractivity contribution is 0.0692. The maximum Gasteiger partial charge on any atom is 0.338 e. The number of carbonyl (C=O) groups is 1. The number of carboxylic acids is 1. The van der Waals surface area contributed by atoms with E-state index in [1.165, 1.54) is 12.1 Å². The van der Waals surface area contributed by atoms with Crippen molar-refractivity contribution in [2.24, 2.45) is 0 Å². The molecule has 1 aliphatic rings. The molecule has 0 amide bonds. The molecule has 0 saturated heterocycles. The van der Waals surface area contributed by atoms with E-state index >= 15 is 0 Å². The van der Waals surface area contributed by atoms with Gasteiger partial charge in [-0.15, -0.1) is 11.8 Å². The average molecular weight is 348 g/mol. The lowest BCUT2D eigenvalue weighted by atomic mass is 10.1. The maximum atomic E-state index is 13.8. The maximum absolute atomic E-state index is 13.8. The molecule has 126 valence electrons. The molecule has 1 aromatic heterocycles. The summed E-state index contributed by atoms with van der Waals surface area (Å²) in [5, 5.41) is 8.90. The number of thioether (sulfide) groups is 1. The molecule has 1 N–H and O–H groups in total. The van der Waals surface area contributed by atoms with Crippen LogP contribution in [-0.4, -0.2) is 40.4 Å². The first-order valence-corrected chi connectivity index (χ1v) is 8.45. The second-order valence-corrected chi connectivity index (χ2v) is 6.65. The smallest absolute Gasteiger partial charge is 0.338 e. The van der Waals surface area contributed by atoms with Gasteiger partial charge in [-0.3, -0.25) is 4.90 Å². The van der Waals surface area contributed by atoms with Crippen LogP contribution < -0.4 is 4.74 Å². The largest absolute Gasteiger partial charge is 0.481 e. The molecule has 0 atom stereocenters. The third-order valence-corrected chi connectivity index (χ3v) is 4.93. The van der Waals surface area contributed by atoms with Gasteiger partial charge >= 0.3 is 5.97 Å². The molecule has 0 aliphatic carbocycles. The van der Waals surface area contributed by atoms with Crippen molar-refractivity contribution >= 4 is 17.7 Å². The second kappa shape index (κ2) is 7.19. The highest BCUT2D eigenvalue weighted by Gasteiger charge is 2.17. The average Bonchev–Trinajstić information content (AvgIpc) is 2.75. The van der Waals surface area contributed by atoms with Crippen molar-refractivity contribution in [3.8, 4) is 5.88 Å². The number of hydrogen-bond acceptors (Lipinski definition) is 5. The zero-order valence-corrected chi connectivity index (χ0v) is 14.0. The van der Waals surface area contributed by atoms with E-state index < -0.39 is 11.8 Å². The Kier molecular flexibility index (Phi) is 5.01. The molecule has 1 aromatic carbocycles. The number of ether oxygens (including phenoxy) is 1. The van der Waals surface area contributed by atoms with E-state index in [1.54, 1.807) is 24.9 Å². The molecular formula is C17H17FN2O3S. The Morgan fingerprint density at radius 1 is 1.46 bits per heavy atom. The third kappa shape index (κ3) is 3.68. The predicted molar refractivity (Wildman–Crippen MR) is 89.0 cm³/mol. The van der Waals surface area contributed by atoms with Crippen LogP contribution in [0.4, 0.5) is 4.39 Å². The first-order chi connectivity index (χ1) is 11.6. The highest BCUT2D eigenvalue weighted by atomic mass is 32.2. The molecule has 0 bridgehead atoms. The van der Waals surface area contributed by atoms with Crippen molar-refractivity contribution in [1.82, 2.24) is 9.88 Å². The quantitative estimate of drug-likeness (QED) is 0.916. The van der Waals surface area contributed by atoms with Crippen LogP contribution in [0.15, 0.2) is 35.4 Å². The summed E-state index contributed by atoms with van der Waals surface area (Å²) >= 11 is 1.74. The molecule has 3 rings (SSSR count). The Bertz CT molecular complexity index is 769. The van der Waals surface area contributed by atoms with Gasteiger partial charge in [0.1, 0.15) is 5.82 Å². The Morgan fingerprint density at radius 2 is 2.29 bits per heavy atom. The summed E-state index contributed by atoms with van der Waals surface area (Å²) in [5.41, 5.74) is 1.59. The zero-order valence-electron chi connectivity index (χ0n) is 13.2. The molecule has 0 radical (unpaired) electrons. The van der Waals surface area contributed by atoms with Gasteiger partial charge in [0.05, 0.1) is 12.7 Å². The molecule has 0 unspecified atom stereocenters. The van der Waals surface area contributed by atoms with Crippen molar-refractivity contribution in [2.75, 3.05) is 19.4 Å². The molecule has 7 heteroatoms. The molecular weight excluding hydrogens is 331 g/mol. The van der Waals surface area contributed by atoms with Crippen molar-refractivity contribution < 1.29 is 19.0 Å². The van der Waals surface area contributed by atoms with Crippen molar-refractivity contribution in [1.29, 1.82) is 0 Å². The number of rotatable bonds is 4. The van der Waals surface area contributed by atoms with E-state index in [-0.39, 0.29) is 5.56 Å². The molecule has 0 fully saturated rings. The van der Waals surface area contributed by atoms with E-state index in [9.17, 15) is 9.18 Å². The number of aromatic carboxylic acids is 1. The van der Waals surface area contributed by atoms with Crippen molar-refractivity contribution in [3.63, 3.8) is 0 Å². The number of nitrogens with zero attached hydrogens (tertiary/aromatic N) is 2. The van der Waals surface area contributed by atoms with Gasteiger partial charge in [-0.1, -0.05) is 6.07 Å². The molecule has 5 nitrogen and oxygen atoms in total. The number of benzene rings is 1. The molecule has 0 saturated carbocycles. The van der Waals surface area contributed by atoms with Crippen LogP contribution in [0.2, 0.25) is 0 Å². The van der Waals surface area contributed by atoms with Gasteiger partial charge in [0.15, 0.2) is 0 Å². The first-order valence-electron chi connectivity index (χ1n) is 7.46. The molecule has 2 heterocycles. The number of fused-ring (bicyclic) bond motifs is 1. The van der Waals surface area contributed by atoms with E-state index in [0.29, 0.717) is 19.0 Å². The predicted octanol–water partition coefficient (Wildman–Crippen LogP) is 3.04. The Balaban J connectivity index is 1.78. The minimum atomic E-state index is -1.25. The summed E-state index contributed by atoms with van der Waals surface area (Å²) in [6, 6.07) is 6.21. The van der Waals surface area contributed by atoms with Gasteiger partial charge in [-0.2, -0.15) is 0 Å². The van der Waals surface area contributed by atoms with Crippen LogP contribution >= 0.6 is 11.8 Å². The Hall–Kier alpha value is -2.12. The fraction of sp³-hybridized carbons (Fsp3) is 0.294. The van der Waals surface area contributed by atoms with Gasteiger partial charge in [0.2, 0.25) is 5.88 Å². The fourth-order valence-electron chi connectivity index (χ4n) is 2.66. The second-order valence-electron chi connectivity index (χ2n) is 5.51. The number of pyridine rings is 1. The lowest BCUT2D eigenvalue weighted by Crippen LogP contribution is -2.24. The number of halogens is 1. The molecule has 0 spiro atoms. The zero-order chi connectivity index (χ0) is 17.1. The highest BCUT2D eigenvalue weighted by molar-refractivity contribution is 7.99. The summed E-state index contributed by atoms with van der Waals surface area (Å²) < 4.78 is 19.0. The van der Waals surface area contributed by atoms with Gasteiger partial charge in [0, 0.05) is 42.5 Å². The summed E-state index contributed by atoms with van der Waals surface area (Å²) in [5.74, 6) is -0.460. The standard InChI is InChI=1S/C17H17FN2O3S/c1-23-16-7-12-10-20(4-5-24-15(12)8-19-16)9-11-2-3-13(17(21)22)14(18)6-11/h2-3,6-8H,4-5,9-10H2,1H3,(H,21,22). The lowest BCUT2D eigenvalue weighted by Gasteiger charge is -2.20. The third-order valence-electron chi connectivity index (χ3n) is 3.86. The van der Waals surface area contributed by atoms with Crippen LogP contribution in [0.25, 0.3) is 0 Å². The monoisotopic (exact) mass is 348 g/mol. The van der Waals surface area contributed by atoms with Crippen LogP contribution in [0, 0.1) is 5.82 Å². The van der Waals surface area contributed by atoms with Gasteiger partial charge in [0.25, 0.3) is 0 Å². The molecule has 24 heavy (non-hydrogen) atoms. The van der Waals surface area contributed by atoms with Crippen LogP contribution in [-0.2, 0) is 13.1 Å². The Morgan fingerprint density at radius 3 is 3.00 bits per heavy atom. The van der Waals surface area contributed by atoms with E-state index in [0.717, 1.165) is 28.3 Å². The highest BCUT2D eigenvalue weighted by Crippen LogP contribution is 2.29. The minimum absolute atomic E-state index is 0.300. The number of methoxy groups -OCH3 is 1. The van der Waals surface area contributed by atoms with E-state index in [2.05, 4.69) is 9.88 Å². The number of aromatic nitrogens is 1. The fourth-order valence-corrected chi connectivity index (χ4v) is 3.66. The van der Waals surface area contributed by atoms with Crippen LogP contribution in [0.3, 0.4) is 0 Å². The summed E-state index contributed by atoms with van der Waals surface area (Å²) in [6.07, 6.45) is 1.82. The number of hydrogen-bond donors (Lipinski definition) is 1. The summed E-state index contributed by atoms with van der Waals surface area (Å²) in [4.78, 5) is 18.5. The summed E-state index contributed by atoms with van der Waals surface area (Å²) in [7, 11) is 1.59. The van der Waals surface area contributed by atoms with Crippen LogP contribution in [0.5, 0.6) is 5.88 Å². The van der Waals surface area contributed by atoms with E-state index in [4.69, 9.17) is 9.84 Å². The van der Waals surface area contributed by atoms with Gasteiger partial charge < -0.3 is 9.84 Å². The normalized spacial score (nSPS) is 14.8. The van der Waals surface area contributed by atoms with Gasteiger partial charge in [-0.05, 0) is 23.3 Å². The van der Waals surface area contributed by atoms with Crippen molar-refractivity contribution in [2.45, 2.75) is 18.0 Å². The topological polar surface area (TPSA) is 62.7 Å². The summed E-state index contributed by atoms with van der Waals surface area (Å²) in [6.45, 7) is 2.12. The SMILES string of the molecule is COc1cc2c(cn1)SCCN(Cc1ccc(C(=O)O)c(F)c1)C2. The van der Waals surface area contributed by atoms with E-state index in [1.807, 2.05) is 12.3 Å². The number of carboxylic acid groups (broad SMARTS) is 1. The molecule has 2 aromatic rings. The van der Waals surface area contributed by atoms with Crippen LogP contribution in [0.1, 0.15) is 21.5 Å². The minimum Gasteiger partial charge on any atom is -0.481 e. The Labute approximate surface area is 143 Å².